The largest absolute Gasteiger partial charge is 0.294 e. The van der Waals surface area contributed by atoms with Crippen molar-refractivity contribution in [3.8, 4) is 0 Å². The summed E-state index contributed by atoms with van der Waals surface area (Å²) in [5.41, 5.74) is 1.58. The molecule has 0 unspecified atom stereocenters. The highest BCUT2D eigenvalue weighted by atomic mass is 16.2. The summed E-state index contributed by atoms with van der Waals surface area (Å²) in [6.45, 7) is 0. The van der Waals surface area contributed by atoms with Crippen LogP contribution in [0.25, 0.3) is 11.0 Å². The van der Waals surface area contributed by atoms with Gasteiger partial charge in [-0.25, -0.2) is 0 Å². The van der Waals surface area contributed by atoms with Gasteiger partial charge in [0.1, 0.15) is 11.0 Å². The minimum Gasteiger partial charge on any atom is -0.294 e. The van der Waals surface area contributed by atoms with E-state index >= 15 is 0 Å². The van der Waals surface area contributed by atoms with Gasteiger partial charge < -0.3 is 0 Å². The molecule has 0 atom stereocenters. The smallest absolute Gasteiger partial charge is 0.225 e. The standard InChI is InChI=1S/C8H5N3O2/c12-4-8(13)5-1-2-6-7(3-5)10-11-9-6/h1-4H,(H,9,10,11). The number of carbonyl (C=O) groups is 2. The van der Waals surface area contributed by atoms with Crippen LogP contribution in [0.15, 0.2) is 18.2 Å². The third-order valence-corrected chi connectivity index (χ3v) is 1.71. The molecule has 0 aliphatic carbocycles. The van der Waals surface area contributed by atoms with Crippen LogP contribution in [0.4, 0.5) is 0 Å². The van der Waals surface area contributed by atoms with E-state index in [0.29, 0.717) is 16.6 Å². The quantitative estimate of drug-likeness (QED) is 0.405. The molecule has 0 bridgehead atoms. The van der Waals surface area contributed by atoms with E-state index in [4.69, 9.17) is 0 Å². The van der Waals surface area contributed by atoms with Crippen molar-refractivity contribution in [1.82, 2.24) is 15.4 Å². The maximum atomic E-state index is 11.0. The Bertz CT molecular complexity index is 475. The Kier molecular flexibility index (Phi) is 1.63. The highest BCUT2D eigenvalue weighted by molar-refractivity contribution is 6.33. The van der Waals surface area contributed by atoms with Crippen LogP contribution >= 0.6 is 0 Å². The Morgan fingerprint density at radius 2 is 2.08 bits per heavy atom. The topological polar surface area (TPSA) is 75.7 Å². The number of nitrogens with zero attached hydrogens (tertiary/aromatic N) is 2. The number of fused-ring (bicyclic) bond motifs is 1. The maximum absolute atomic E-state index is 11.0. The third-order valence-electron chi connectivity index (χ3n) is 1.71. The molecule has 2 aromatic rings. The Labute approximate surface area is 72.8 Å². The number of hydrogen-bond acceptors (Lipinski definition) is 4. The summed E-state index contributed by atoms with van der Waals surface area (Å²) in [7, 11) is 0. The molecule has 1 heterocycles. The molecule has 13 heavy (non-hydrogen) atoms. The molecular formula is C8H5N3O2. The summed E-state index contributed by atoms with van der Waals surface area (Å²) in [6.07, 6.45) is 0.279. The van der Waals surface area contributed by atoms with E-state index in [2.05, 4.69) is 15.4 Å². The summed E-state index contributed by atoms with van der Waals surface area (Å²) < 4.78 is 0. The SMILES string of the molecule is O=CC(=O)c1ccc2n[nH]nc2c1. The number of hydrogen-bond donors (Lipinski definition) is 1. The van der Waals surface area contributed by atoms with Gasteiger partial charge in [-0.1, -0.05) is 0 Å². The number of aromatic amines is 1. The molecule has 0 amide bonds. The van der Waals surface area contributed by atoms with Crippen LogP contribution in [0, 0.1) is 0 Å². The Morgan fingerprint density at radius 3 is 2.85 bits per heavy atom. The molecule has 0 fully saturated rings. The highest BCUT2D eigenvalue weighted by Crippen LogP contribution is 2.10. The van der Waals surface area contributed by atoms with E-state index in [1.165, 1.54) is 6.07 Å². The zero-order valence-corrected chi connectivity index (χ0v) is 6.52. The van der Waals surface area contributed by atoms with Crippen molar-refractivity contribution in [2.24, 2.45) is 0 Å². The summed E-state index contributed by atoms with van der Waals surface area (Å²) in [5, 5.41) is 10.0. The fraction of sp³-hybridized carbons (Fsp3) is 0. The Balaban J connectivity index is 2.60. The summed E-state index contributed by atoms with van der Waals surface area (Å²) in [5.74, 6) is -0.551. The number of ketones is 1. The van der Waals surface area contributed by atoms with E-state index < -0.39 is 5.78 Å². The average molecular weight is 175 g/mol. The molecule has 1 N–H and O–H groups in total. The number of nitrogens with one attached hydrogen (secondary N) is 1. The van der Waals surface area contributed by atoms with Crippen LogP contribution in [-0.4, -0.2) is 27.5 Å². The van der Waals surface area contributed by atoms with Crippen molar-refractivity contribution in [2.45, 2.75) is 0 Å². The lowest BCUT2D eigenvalue weighted by Crippen LogP contribution is -1.98. The van der Waals surface area contributed by atoms with Gasteiger partial charge in [0, 0.05) is 5.56 Å². The van der Waals surface area contributed by atoms with Gasteiger partial charge in [-0.2, -0.15) is 15.4 Å². The summed E-state index contributed by atoms with van der Waals surface area (Å²) in [6, 6.07) is 4.70. The van der Waals surface area contributed by atoms with Crippen LogP contribution in [-0.2, 0) is 4.79 Å². The second-order valence-electron chi connectivity index (χ2n) is 2.51. The number of H-pyrrole nitrogens is 1. The first-order chi connectivity index (χ1) is 6.31. The predicted octanol–water partition coefficient (Wildman–Crippen LogP) is 0.339. The fourth-order valence-electron chi connectivity index (χ4n) is 1.06. The molecule has 1 aromatic heterocycles. The Hall–Kier alpha value is -2.04. The van der Waals surface area contributed by atoms with Crippen LogP contribution in [0.2, 0.25) is 0 Å². The second kappa shape index (κ2) is 2.78. The predicted molar refractivity (Wildman–Crippen MR) is 44.3 cm³/mol. The molecule has 0 saturated heterocycles. The third kappa shape index (κ3) is 1.20. The van der Waals surface area contributed by atoms with Gasteiger partial charge in [0.05, 0.1) is 0 Å². The van der Waals surface area contributed by atoms with Crippen molar-refractivity contribution < 1.29 is 9.59 Å². The molecular weight excluding hydrogens is 170 g/mol. The number of aromatic nitrogens is 3. The minimum atomic E-state index is -0.551. The van der Waals surface area contributed by atoms with Crippen LogP contribution in [0.3, 0.4) is 0 Å². The normalized spacial score (nSPS) is 10.2. The molecule has 5 heteroatoms. The molecule has 5 nitrogen and oxygen atoms in total. The van der Waals surface area contributed by atoms with E-state index in [9.17, 15) is 9.59 Å². The van der Waals surface area contributed by atoms with Crippen molar-refractivity contribution in [3.63, 3.8) is 0 Å². The Morgan fingerprint density at radius 1 is 1.31 bits per heavy atom. The maximum Gasteiger partial charge on any atom is 0.225 e. The van der Waals surface area contributed by atoms with E-state index in [-0.39, 0.29) is 6.29 Å². The van der Waals surface area contributed by atoms with Crippen molar-refractivity contribution in [1.29, 1.82) is 0 Å². The number of benzene rings is 1. The fourth-order valence-corrected chi connectivity index (χ4v) is 1.06. The molecule has 64 valence electrons. The van der Waals surface area contributed by atoms with Gasteiger partial charge in [0.15, 0.2) is 6.29 Å². The van der Waals surface area contributed by atoms with Gasteiger partial charge in [-0.15, -0.1) is 0 Å². The second-order valence-corrected chi connectivity index (χ2v) is 2.51. The van der Waals surface area contributed by atoms with Crippen molar-refractivity contribution >= 4 is 23.1 Å². The van der Waals surface area contributed by atoms with Gasteiger partial charge in [0.25, 0.3) is 0 Å². The molecule has 0 aliphatic heterocycles. The molecule has 0 spiro atoms. The number of aldehydes is 1. The first-order valence-corrected chi connectivity index (χ1v) is 3.61. The minimum absolute atomic E-state index is 0.279. The number of rotatable bonds is 2. The summed E-state index contributed by atoms with van der Waals surface area (Å²) in [4.78, 5) is 21.1. The zero-order valence-electron chi connectivity index (χ0n) is 6.52. The molecule has 0 aliphatic rings. The highest BCUT2D eigenvalue weighted by Gasteiger charge is 2.05. The first kappa shape index (κ1) is 7.60. The van der Waals surface area contributed by atoms with Gasteiger partial charge >= 0.3 is 0 Å². The van der Waals surface area contributed by atoms with Crippen molar-refractivity contribution in [3.05, 3.63) is 23.8 Å². The van der Waals surface area contributed by atoms with Gasteiger partial charge in [-0.05, 0) is 18.2 Å². The average Bonchev–Trinajstić information content (AvgIpc) is 2.63. The van der Waals surface area contributed by atoms with E-state index in [1.54, 1.807) is 12.1 Å². The monoisotopic (exact) mass is 175 g/mol. The molecule has 2 rings (SSSR count). The zero-order chi connectivity index (χ0) is 9.26. The number of carbonyl (C=O) groups excluding carboxylic acids is 2. The van der Waals surface area contributed by atoms with E-state index in [1.807, 2.05) is 0 Å². The van der Waals surface area contributed by atoms with Gasteiger partial charge in [-0.3, -0.25) is 9.59 Å². The lowest BCUT2D eigenvalue weighted by atomic mass is 10.1. The summed E-state index contributed by atoms with van der Waals surface area (Å²) >= 11 is 0. The first-order valence-electron chi connectivity index (χ1n) is 3.61. The van der Waals surface area contributed by atoms with Crippen LogP contribution in [0.5, 0.6) is 0 Å². The molecule has 0 saturated carbocycles. The van der Waals surface area contributed by atoms with E-state index in [0.717, 1.165) is 0 Å². The molecule has 0 radical (unpaired) electrons. The van der Waals surface area contributed by atoms with Crippen LogP contribution < -0.4 is 0 Å². The van der Waals surface area contributed by atoms with Crippen molar-refractivity contribution in [2.75, 3.05) is 0 Å². The lowest BCUT2D eigenvalue weighted by molar-refractivity contribution is -0.104. The molecule has 1 aromatic carbocycles. The number of Topliss-reactive ketones (excluding diaryl/α,β-unsaturated/α-hetero) is 1. The van der Waals surface area contributed by atoms with Crippen LogP contribution in [0.1, 0.15) is 10.4 Å². The van der Waals surface area contributed by atoms with Gasteiger partial charge in [0.2, 0.25) is 5.78 Å². The lowest BCUT2D eigenvalue weighted by Gasteiger charge is -1.91.